The second kappa shape index (κ2) is 6.23. The molecule has 0 amide bonds. The van der Waals surface area contributed by atoms with Crippen molar-refractivity contribution in [1.29, 1.82) is 0 Å². The molecule has 25 heavy (non-hydrogen) atoms. The van der Waals surface area contributed by atoms with Crippen molar-refractivity contribution >= 4 is 17.3 Å². The number of ether oxygens (including phenoxy) is 2. The number of benzene rings is 1. The molecule has 1 aliphatic rings. The van der Waals surface area contributed by atoms with Gasteiger partial charge in [-0.3, -0.25) is 0 Å². The molecule has 0 atom stereocenters. The van der Waals surface area contributed by atoms with Gasteiger partial charge in [-0.15, -0.1) is 5.10 Å². The molecule has 1 aromatic carbocycles. The van der Waals surface area contributed by atoms with E-state index >= 15 is 0 Å². The average Bonchev–Trinajstić information content (AvgIpc) is 3.01. The van der Waals surface area contributed by atoms with Gasteiger partial charge in [-0.2, -0.15) is 9.50 Å². The SMILES string of the molecule is COc1ccc(Nc2c3c(nc4nc(C)nn24)CCCC3)cc1OC. The van der Waals surface area contributed by atoms with Gasteiger partial charge in [-0.1, -0.05) is 0 Å². The first kappa shape index (κ1) is 15.7. The highest BCUT2D eigenvalue weighted by molar-refractivity contribution is 5.66. The molecule has 3 aromatic rings. The van der Waals surface area contributed by atoms with Crippen molar-refractivity contribution in [3.8, 4) is 11.5 Å². The Hall–Kier alpha value is -2.83. The highest BCUT2D eigenvalue weighted by Crippen LogP contribution is 2.33. The molecule has 2 heterocycles. The fourth-order valence-electron chi connectivity index (χ4n) is 3.32. The number of fused-ring (bicyclic) bond motifs is 2. The molecule has 0 saturated carbocycles. The fraction of sp³-hybridized carbons (Fsp3) is 0.389. The van der Waals surface area contributed by atoms with Gasteiger partial charge < -0.3 is 14.8 Å². The largest absolute Gasteiger partial charge is 0.493 e. The summed E-state index contributed by atoms with van der Waals surface area (Å²) >= 11 is 0. The Morgan fingerprint density at radius 2 is 1.84 bits per heavy atom. The number of aromatic nitrogens is 4. The lowest BCUT2D eigenvalue weighted by Crippen LogP contribution is -2.13. The average molecular weight is 339 g/mol. The molecular formula is C18H21N5O2. The summed E-state index contributed by atoms with van der Waals surface area (Å²) in [6.45, 7) is 1.88. The summed E-state index contributed by atoms with van der Waals surface area (Å²) in [7, 11) is 3.26. The lowest BCUT2D eigenvalue weighted by atomic mass is 9.96. The van der Waals surface area contributed by atoms with Crippen LogP contribution in [0.5, 0.6) is 11.5 Å². The molecule has 0 fully saturated rings. The molecule has 130 valence electrons. The maximum Gasteiger partial charge on any atom is 0.254 e. The summed E-state index contributed by atoms with van der Waals surface area (Å²) in [5.41, 5.74) is 3.25. The van der Waals surface area contributed by atoms with Gasteiger partial charge in [0, 0.05) is 17.3 Å². The first-order valence-corrected chi connectivity index (χ1v) is 8.44. The zero-order valence-corrected chi connectivity index (χ0v) is 14.7. The highest BCUT2D eigenvalue weighted by Gasteiger charge is 2.20. The molecule has 2 aromatic heterocycles. The van der Waals surface area contributed by atoms with Crippen LogP contribution in [0.2, 0.25) is 0 Å². The van der Waals surface area contributed by atoms with Gasteiger partial charge in [-0.25, -0.2) is 4.98 Å². The zero-order chi connectivity index (χ0) is 17.4. The van der Waals surface area contributed by atoms with Crippen molar-refractivity contribution in [1.82, 2.24) is 19.6 Å². The molecular weight excluding hydrogens is 318 g/mol. The number of hydrogen-bond acceptors (Lipinski definition) is 6. The van der Waals surface area contributed by atoms with Crippen LogP contribution in [0, 0.1) is 6.92 Å². The number of methoxy groups -OCH3 is 2. The van der Waals surface area contributed by atoms with Gasteiger partial charge in [0.1, 0.15) is 11.6 Å². The molecule has 0 aliphatic heterocycles. The Balaban J connectivity index is 1.83. The van der Waals surface area contributed by atoms with Crippen LogP contribution in [0.15, 0.2) is 18.2 Å². The standard InChI is InChI=1S/C18H21N5O2/c1-11-19-18-21-14-7-5-4-6-13(14)17(23(18)22-11)20-12-8-9-15(24-2)16(10-12)25-3/h8-10,20H,4-7H2,1-3H3. The summed E-state index contributed by atoms with van der Waals surface area (Å²) in [6, 6.07) is 5.77. The van der Waals surface area contributed by atoms with Crippen LogP contribution in [0.1, 0.15) is 29.9 Å². The molecule has 7 heteroatoms. The van der Waals surface area contributed by atoms with Gasteiger partial charge in [0.15, 0.2) is 11.5 Å². The number of aryl methyl sites for hydroxylation is 2. The Morgan fingerprint density at radius 3 is 2.64 bits per heavy atom. The van der Waals surface area contributed by atoms with E-state index in [2.05, 4.69) is 15.4 Å². The van der Waals surface area contributed by atoms with Crippen molar-refractivity contribution in [3.05, 3.63) is 35.3 Å². The van der Waals surface area contributed by atoms with Crippen molar-refractivity contribution in [3.63, 3.8) is 0 Å². The van der Waals surface area contributed by atoms with E-state index in [0.29, 0.717) is 23.1 Å². The minimum Gasteiger partial charge on any atom is -0.493 e. The molecule has 0 unspecified atom stereocenters. The summed E-state index contributed by atoms with van der Waals surface area (Å²) < 4.78 is 12.5. The Kier molecular flexibility index (Phi) is 3.91. The predicted octanol–water partition coefficient (Wildman–Crippen LogP) is 3.07. The van der Waals surface area contributed by atoms with E-state index in [1.807, 2.05) is 25.1 Å². The molecule has 0 radical (unpaired) electrons. The molecule has 7 nitrogen and oxygen atoms in total. The lowest BCUT2D eigenvalue weighted by molar-refractivity contribution is 0.355. The molecule has 1 aliphatic carbocycles. The van der Waals surface area contributed by atoms with E-state index in [1.54, 1.807) is 18.7 Å². The number of anilines is 2. The van der Waals surface area contributed by atoms with Gasteiger partial charge in [0.05, 0.1) is 19.9 Å². The van der Waals surface area contributed by atoms with Crippen molar-refractivity contribution in [2.24, 2.45) is 0 Å². The van der Waals surface area contributed by atoms with Crippen LogP contribution in [0.4, 0.5) is 11.5 Å². The Bertz CT molecular complexity index is 935. The number of hydrogen-bond donors (Lipinski definition) is 1. The third kappa shape index (κ3) is 2.75. The maximum absolute atomic E-state index is 5.41. The van der Waals surface area contributed by atoms with Crippen LogP contribution in [0.3, 0.4) is 0 Å². The minimum absolute atomic E-state index is 0.640. The first-order chi connectivity index (χ1) is 12.2. The van der Waals surface area contributed by atoms with E-state index in [-0.39, 0.29) is 0 Å². The van der Waals surface area contributed by atoms with Gasteiger partial charge >= 0.3 is 0 Å². The van der Waals surface area contributed by atoms with Crippen molar-refractivity contribution < 1.29 is 9.47 Å². The van der Waals surface area contributed by atoms with E-state index in [1.165, 1.54) is 12.0 Å². The van der Waals surface area contributed by atoms with Gasteiger partial charge in [0.2, 0.25) is 0 Å². The fourth-order valence-corrected chi connectivity index (χ4v) is 3.32. The van der Waals surface area contributed by atoms with Crippen LogP contribution >= 0.6 is 0 Å². The number of rotatable bonds is 4. The maximum atomic E-state index is 5.41. The Morgan fingerprint density at radius 1 is 1.04 bits per heavy atom. The van der Waals surface area contributed by atoms with E-state index in [0.717, 1.165) is 36.5 Å². The third-order valence-corrected chi connectivity index (χ3v) is 4.51. The van der Waals surface area contributed by atoms with E-state index in [9.17, 15) is 0 Å². The molecule has 1 N–H and O–H groups in total. The minimum atomic E-state index is 0.640. The lowest BCUT2D eigenvalue weighted by Gasteiger charge is -2.20. The molecule has 0 saturated heterocycles. The summed E-state index contributed by atoms with van der Waals surface area (Å²) in [5.74, 6) is 3.67. The summed E-state index contributed by atoms with van der Waals surface area (Å²) in [4.78, 5) is 9.15. The van der Waals surface area contributed by atoms with Crippen molar-refractivity contribution in [2.75, 3.05) is 19.5 Å². The predicted molar refractivity (Wildman–Crippen MR) is 95.0 cm³/mol. The summed E-state index contributed by atoms with van der Waals surface area (Å²) in [6.07, 6.45) is 4.30. The second-order valence-corrected chi connectivity index (χ2v) is 6.16. The van der Waals surface area contributed by atoms with Crippen molar-refractivity contribution in [2.45, 2.75) is 32.6 Å². The number of nitrogens with one attached hydrogen (secondary N) is 1. The smallest absolute Gasteiger partial charge is 0.254 e. The highest BCUT2D eigenvalue weighted by atomic mass is 16.5. The van der Waals surface area contributed by atoms with Gasteiger partial charge in [0.25, 0.3) is 5.78 Å². The second-order valence-electron chi connectivity index (χ2n) is 6.16. The normalized spacial score (nSPS) is 13.6. The molecule has 0 spiro atoms. The molecule has 0 bridgehead atoms. The third-order valence-electron chi connectivity index (χ3n) is 4.51. The van der Waals surface area contributed by atoms with Crippen LogP contribution in [-0.4, -0.2) is 33.8 Å². The topological polar surface area (TPSA) is 73.6 Å². The number of nitrogens with zero attached hydrogens (tertiary/aromatic N) is 4. The van der Waals surface area contributed by atoms with E-state index in [4.69, 9.17) is 14.5 Å². The van der Waals surface area contributed by atoms with E-state index < -0.39 is 0 Å². The van der Waals surface area contributed by atoms with Crippen LogP contribution < -0.4 is 14.8 Å². The quantitative estimate of drug-likeness (QED) is 0.787. The molecule has 4 rings (SSSR count). The van der Waals surface area contributed by atoms with Gasteiger partial charge in [-0.05, 0) is 44.7 Å². The Labute approximate surface area is 146 Å². The van der Waals surface area contributed by atoms with Crippen LogP contribution in [-0.2, 0) is 12.8 Å². The monoisotopic (exact) mass is 339 g/mol. The van der Waals surface area contributed by atoms with Crippen LogP contribution in [0.25, 0.3) is 5.78 Å². The zero-order valence-electron chi connectivity index (χ0n) is 14.7. The first-order valence-electron chi connectivity index (χ1n) is 8.44. The summed E-state index contributed by atoms with van der Waals surface area (Å²) in [5, 5.41) is 8.02.